The van der Waals surface area contributed by atoms with Gasteiger partial charge in [0.25, 0.3) is 0 Å². The molecule has 1 aromatic carbocycles. The fraction of sp³-hybridized carbons (Fsp3) is 0.455. The van der Waals surface area contributed by atoms with E-state index in [0.29, 0.717) is 19.7 Å². The van der Waals surface area contributed by atoms with Gasteiger partial charge in [-0.2, -0.15) is 4.31 Å². The molecule has 2 rings (SSSR count). The first-order valence-corrected chi connectivity index (χ1v) is 7.84. The monoisotopic (exact) mass is 319 g/mol. The Morgan fingerprint density at radius 3 is 2.59 bits per heavy atom. The Labute approximate surface area is 110 Å². The van der Waals surface area contributed by atoms with E-state index in [1.165, 1.54) is 4.31 Å². The highest BCUT2D eigenvalue weighted by Gasteiger charge is 2.27. The molecule has 0 saturated carbocycles. The summed E-state index contributed by atoms with van der Waals surface area (Å²) in [5.41, 5.74) is 0. The van der Waals surface area contributed by atoms with E-state index >= 15 is 0 Å². The number of sulfonamides is 1. The maximum absolute atomic E-state index is 11.5. The second-order valence-electron chi connectivity index (χ2n) is 3.87. The Morgan fingerprint density at radius 2 is 2.00 bits per heavy atom. The highest BCUT2D eigenvalue weighted by molar-refractivity contribution is 9.10. The lowest BCUT2D eigenvalue weighted by Crippen LogP contribution is -2.30. The van der Waals surface area contributed by atoms with Gasteiger partial charge in [-0.15, -0.1) is 0 Å². The van der Waals surface area contributed by atoms with Gasteiger partial charge >= 0.3 is 0 Å². The average Bonchev–Trinajstić information content (AvgIpc) is 2.61. The van der Waals surface area contributed by atoms with Crippen molar-refractivity contribution in [3.05, 3.63) is 28.7 Å². The van der Waals surface area contributed by atoms with Crippen LogP contribution < -0.4 is 4.74 Å². The Hall–Kier alpha value is -0.590. The molecule has 6 heteroatoms. The summed E-state index contributed by atoms with van der Waals surface area (Å²) in [6.07, 6.45) is 0.723. The number of benzene rings is 1. The van der Waals surface area contributed by atoms with E-state index in [-0.39, 0.29) is 5.75 Å². The molecular weight excluding hydrogens is 306 g/mol. The van der Waals surface area contributed by atoms with Gasteiger partial charge in [-0.3, -0.25) is 0 Å². The van der Waals surface area contributed by atoms with Crippen LogP contribution in [-0.4, -0.2) is 38.2 Å². The van der Waals surface area contributed by atoms with E-state index < -0.39 is 10.0 Å². The standard InChI is InChI=1S/C11H14BrNO3S/c12-10-2-4-11(5-3-10)16-8-7-13-6-1-9-17(13,14)15/h2-5H,1,6-9H2. The molecule has 1 aliphatic heterocycles. The van der Waals surface area contributed by atoms with Crippen LogP contribution in [0, 0.1) is 0 Å². The highest BCUT2D eigenvalue weighted by Crippen LogP contribution is 2.17. The normalized spacial score (nSPS) is 19.4. The number of rotatable bonds is 4. The first kappa shape index (κ1) is 12.9. The summed E-state index contributed by atoms with van der Waals surface area (Å²) < 4.78 is 31.0. The first-order valence-electron chi connectivity index (χ1n) is 5.44. The van der Waals surface area contributed by atoms with Crippen LogP contribution in [0.15, 0.2) is 28.7 Å². The molecule has 94 valence electrons. The molecule has 0 amide bonds. The van der Waals surface area contributed by atoms with E-state index in [9.17, 15) is 8.42 Å². The Kier molecular flexibility index (Phi) is 4.06. The van der Waals surface area contributed by atoms with Gasteiger partial charge in [0.05, 0.1) is 5.75 Å². The van der Waals surface area contributed by atoms with Gasteiger partial charge in [-0.1, -0.05) is 15.9 Å². The van der Waals surface area contributed by atoms with E-state index in [0.717, 1.165) is 16.6 Å². The summed E-state index contributed by atoms with van der Waals surface area (Å²) in [6.45, 7) is 1.44. The second kappa shape index (κ2) is 5.37. The summed E-state index contributed by atoms with van der Waals surface area (Å²) in [5.74, 6) is 1.02. The minimum Gasteiger partial charge on any atom is -0.492 e. The zero-order valence-electron chi connectivity index (χ0n) is 9.30. The fourth-order valence-electron chi connectivity index (χ4n) is 1.74. The van der Waals surface area contributed by atoms with Gasteiger partial charge < -0.3 is 4.74 Å². The van der Waals surface area contributed by atoms with Gasteiger partial charge in [-0.25, -0.2) is 8.42 Å². The molecule has 4 nitrogen and oxygen atoms in total. The molecule has 1 aromatic rings. The largest absolute Gasteiger partial charge is 0.492 e. The van der Waals surface area contributed by atoms with Gasteiger partial charge in [0, 0.05) is 17.6 Å². The Morgan fingerprint density at radius 1 is 1.29 bits per heavy atom. The molecule has 0 atom stereocenters. The van der Waals surface area contributed by atoms with Crippen molar-refractivity contribution < 1.29 is 13.2 Å². The molecule has 1 aliphatic rings. The Balaban J connectivity index is 1.82. The van der Waals surface area contributed by atoms with Crippen molar-refractivity contribution in [1.29, 1.82) is 0 Å². The van der Waals surface area contributed by atoms with E-state index in [4.69, 9.17) is 4.74 Å². The third kappa shape index (κ3) is 3.43. The average molecular weight is 320 g/mol. The topological polar surface area (TPSA) is 46.6 Å². The smallest absolute Gasteiger partial charge is 0.214 e. The predicted molar refractivity (Wildman–Crippen MR) is 69.6 cm³/mol. The van der Waals surface area contributed by atoms with Crippen molar-refractivity contribution in [2.45, 2.75) is 6.42 Å². The highest BCUT2D eigenvalue weighted by atomic mass is 79.9. The molecule has 0 spiro atoms. The molecule has 17 heavy (non-hydrogen) atoms. The lowest BCUT2D eigenvalue weighted by atomic mass is 10.3. The molecule has 0 unspecified atom stereocenters. The van der Waals surface area contributed by atoms with Crippen LogP contribution >= 0.6 is 15.9 Å². The van der Waals surface area contributed by atoms with E-state index in [1.807, 2.05) is 24.3 Å². The number of nitrogens with zero attached hydrogens (tertiary/aromatic N) is 1. The summed E-state index contributed by atoms with van der Waals surface area (Å²) in [5, 5.41) is 0. The van der Waals surface area contributed by atoms with Gasteiger partial charge in [0.1, 0.15) is 12.4 Å². The second-order valence-corrected chi connectivity index (χ2v) is 6.88. The van der Waals surface area contributed by atoms with Crippen LogP contribution in [0.2, 0.25) is 0 Å². The minimum absolute atomic E-state index is 0.269. The SMILES string of the molecule is O=S1(=O)CCCN1CCOc1ccc(Br)cc1. The summed E-state index contributed by atoms with van der Waals surface area (Å²) >= 11 is 3.34. The lowest BCUT2D eigenvalue weighted by Gasteiger charge is -2.14. The lowest BCUT2D eigenvalue weighted by molar-refractivity contribution is 0.279. The molecule has 1 saturated heterocycles. The molecule has 1 heterocycles. The van der Waals surface area contributed by atoms with Crippen molar-refractivity contribution >= 4 is 26.0 Å². The van der Waals surface area contributed by atoms with Crippen molar-refractivity contribution in [3.63, 3.8) is 0 Å². The first-order chi connectivity index (χ1) is 8.08. The fourth-order valence-corrected chi connectivity index (χ4v) is 3.51. The molecule has 1 fully saturated rings. The number of hydrogen-bond acceptors (Lipinski definition) is 3. The van der Waals surface area contributed by atoms with Gasteiger partial charge in [-0.05, 0) is 30.7 Å². The molecular formula is C11H14BrNO3S. The van der Waals surface area contributed by atoms with Crippen LogP contribution in [0.3, 0.4) is 0 Å². The van der Waals surface area contributed by atoms with Crippen LogP contribution in [0.1, 0.15) is 6.42 Å². The van der Waals surface area contributed by atoms with Crippen molar-refractivity contribution in [1.82, 2.24) is 4.31 Å². The number of hydrogen-bond donors (Lipinski definition) is 0. The maximum Gasteiger partial charge on any atom is 0.214 e. The van der Waals surface area contributed by atoms with Crippen LogP contribution in [0.25, 0.3) is 0 Å². The van der Waals surface area contributed by atoms with Crippen LogP contribution in [0.4, 0.5) is 0 Å². The van der Waals surface area contributed by atoms with Crippen molar-refractivity contribution in [2.75, 3.05) is 25.4 Å². The predicted octanol–water partition coefficient (Wildman–Crippen LogP) is 1.86. The summed E-state index contributed by atoms with van der Waals surface area (Å²) in [6, 6.07) is 7.48. The third-order valence-corrected chi connectivity index (χ3v) is 5.11. The quantitative estimate of drug-likeness (QED) is 0.851. The molecule has 0 aliphatic carbocycles. The number of ether oxygens (including phenoxy) is 1. The van der Waals surface area contributed by atoms with Crippen LogP contribution in [0.5, 0.6) is 5.75 Å². The zero-order valence-corrected chi connectivity index (χ0v) is 11.7. The van der Waals surface area contributed by atoms with E-state index in [1.54, 1.807) is 0 Å². The summed E-state index contributed by atoms with van der Waals surface area (Å²) in [7, 11) is -3.00. The zero-order chi connectivity index (χ0) is 12.3. The van der Waals surface area contributed by atoms with Gasteiger partial charge in [0.2, 0.25) is 10.0 Å². The molecule has 0 aromatic heterocycles. The molecule has 0 radical (unpaired) electrons. The van der Waals surface area contributed by atoms with Gasteiger partial charge in [0.15, 0.2) is 0 Å². The maximum atomic E-state index is 11.5. The number of halogens is 1. The van der Waals surface area contributed by atoms with Crippen molar-refractivity contribution in [3.8, 4) is 5.75 Å². The molecule has 0 N–H and O–H groups in total. The third-order valence-electron chi connectivity index (χ3n) is 2.63. The Bertz CT molecular complexity index is 472. The minimum atomic E-state index is -3.00. The van der Waals surface area contributed by atoms with E-state index in [2.05, 4.69) is 15.9 Å². The summed E-state index contributed by atoms with van der Waals surface area (Å²) in [4.78, 5) is 0. The van der Waals surface area contributed by atoms with Crippen molar-refractivity contribution in [2.24, 2.45) is 0 Å². The molecule has 0 bridgehead atoms. The van der Waals surface area contributed by atoms with Crippen LogP contribution in [-0.2, 0) is 10.0 Å².